The van der Waals surface area contributed by atoms with Crippen molar-refractivity contribution in [3.63, 3.8) is 0 Å². The van der Waals surface area contributed by atoms with Gasteiger partial charge in [-0.25, -0.2) is 0 Å². The van der Waals surface area contributed by atoms with E-state index in [0.29, 0.717) is 18.2 Å². The number of nitriles is 1. The summed E-state index contributed by atoms with van der Waals surface area (Å²) in [6, 6.07) is 18.8. The van der Waals surface area contributed by atoms with E-state index in [1.807, 2.05) is 24.3 Å². The number of benzene rings is 2. The molecule has 0 aromatic heterocycles. The van der Waals surface area contributed by atoms with E-state index in [1.165, 1.54) is 5.56 Å². The summed E-state index contributed by atoms with van der Waals surface area (Å²) in [4.78, 5) is 2.44. The molecule has 0 fully saturated rings. The summed E-state index contributed by atoms with van der Waals surface area (Å²) in [5, 5.41) is 9.05. The lowest BCUT2D eigenvalue weighted by molar-refractivity contribution is 0.118. The summed E-state index contributed by atoms with van der Waals surface area (Å²) in [5.41, 5.74) is 3.16. The highest BCUT2D eigenvalue weighted by Crippen LogP contribution is 2.28. The third kappa shape index (κ3) is 3.13. The molecule has 0 radical (unpaired) electrons. The smallest absolute Gasteiger partial charge is 0.122 e. The molecule has 0 aliphatic carbocycles. The minimum atomic E-state index is 0.353. The molecule has 0 saturated heterocycles. The second kappa shape index (κ2) is 6.64. The lowest BCUT2D eigenvalue weighted by Gasteiger charge is -2.34. The van der Waals surface area contributed by atoms with Gasteiger partial charge in [0.05, 0.1) is 11.6 Å². The highest BCUT2D eigenvalue weighted by molar-refractivity contribution is 5.43. The van der Waals surface area contributed by atoms with Crippen LogP contribution in [0.1, 0.15) is 23.6 Å². The van der Waals surface area contributed by atoms with Gasteiger partial charge in [-0.15, -0.1) is 0 Å². The van der Waals surface area contributed by atoms with Gasteiger partial charge in [0.25, 0.3) is 0 Å². The molecule has 0 N–H and O–H groups in total. The Morgan fingerprint density at radius 2 is 2.05 bits per heavy atom. The summed E-state index contributed by atoms with van der Waals surface area (Å²) < 4.78 is 5.90. The molecule has 112 valence electrons. The Balaban J connectivity index is 1.75. The van der Waals surface area contributed by atoms with Crippen LogP contribution in [0.3, 0.4) is 0 Å². The molecular weight excluding hydrogens is 272 g/mol. The predicted molar refractivity (Wildman–Crippen MR) is 86.7 cm³/mol. The van der Waals surface area contributed by atoms with Crippen molar-refractivity contribution in [3.8, 4) is 11.8 Å². The number of rotatable bonds is 4. The average Bonchev–Trinajstić information content (AvgIpc) is 2.59. The molecule has 0 bridgehead atoms. The maximum Gasteiger partial charge on any atom is 0.122 e. The molecule has 3 rings (SSSR count). The van der Waals surface area contributed by atoms with Gasteiger partial charge in [-0.2, -0.15) is 5.26 Å². The van der Waals surface area contributed by atoms with Crippen molar-refractivity contribution in [3.05, 3.63) is 65.2 Å². The van der Waals surface area contributed by atoms with Gasteiger partial charge >= 0.3 is 0 Å². The molecule has 22 heavy (non-hydrogen) atoms. The SMILES string of the molecule is CCN(Cc1ccccc1)[C@@H]1COc2ccc(C#N)cc2C1. The topological polar surface area (TPSA) is 36.3 Å². The van der Waals surface area contributed by atoms with Crippen LogP contribution in [0.2, 0.25) is 0 Å². The van der Waals surface area contributed by atoms with Crippen molar-refractivity contribution in [2.24, 2.45) is 0 Å². The van der Waals surface area contributed by atoms with Crippen molar-refractivity contribution < 1.29 is 4.74 Å². The lowest BCUT2D eigenvalue weighted by Crippen LogP contribution is -2.42. The Labute approximate surface area is 131 Å². The first kappa shape index (κ1) is 14.6. The zero-order chi connectivity index (χ0) is 15.4. The molecule has 1 aliphatic rings. The van der Waals surface area contributed by atoms with Crippen molar-refractivity contribution in [2.75, 3.05) is 13.2 Å². The summed E-state index contributed by atoms with van der Waals surface area (Å²) in [6.07, 6.45) is 0.936. The normalized spacial score (nSPS) is 16.7. The first-order chi connectivity index (χ1) is 10.8. The Bertz CT molecular complexity index is 676. The predicted octanol–water partition coefficient (Wildman–Crippen LogP) is 3.38. The van der Waals surface area contributed by atoms with Gasteiger partial charge in [-0.3, -0.25) is 4.90 Å². The molecule has 1 atom stereocenters. The number of hydrogen-bond donors (Lipinski definition) is 0. The first-order valence-corrected chi connectivity index (χ1v) is 7.74. The minimum absolute atomic E-state index is 0.353. The Morgan fingerprint density at radius 3 is 2.77 bits per heavy atom. The lowest BCUT2D eigenvalue weighted by atomic mass is 9.99. The van der Waals surface area contributed by atoms with E-state index in [2.05, 4.69) is 42.2 Å². The molecule has 2 aromatic rings. The molecule has 3 nitrogen and oxygen atoms in total. The van der Waals surface area contributed by atoms with E-state index in [0.717, 1.165) is 30.8 Å². The molecule has 0 saturated carbocycles. The van der Waals surface area contributed by atoms with Crippen molar-refractivity contribution >= 4 is 0 Å². The molecular formula is C19H20N2O. The van der Waals surface area contributed by atoms with Gasteiger partial charge < -0.3 is 4.74 Å². The molecule has 2 aromatic carbocycles. The number of fused-ring (bicyclic) bond motifs is 1. The highest BCUT2D eigenvalue weighted by Gasteiger charge is 2.25. The Kier molecular flexibility index (Phi) is 4.41. The van der Waals surface area contributed by atoms with Gasteiger partial charge in [-0.05, 0) is 42.3 Å². The zero-order valence-corrected chi connectivity index (χ0v) is 12.8. The van der Waals surface area contributed by atoms with Crippen molar-refractivity contribution in [2.45, 2.75) is 25.9 Å². The van der Waals surface area contributed by atoms with Crippen molar-refractivity contribution in [1.29, 1.82) is 5.26 Å². The van der Waals surface area contributed by atoms with E-state index in [4.69, 9.17) is 10.00 Å². The van der Waals surface area contributed by atoms with E-state index >= 15 is 0 Å². The van der Waals surface area contributed by atoms with Crippen LogP contribution in [0.15, 0.2) is 48.5 Å². The minimum Gasteiger partial charge on any atom is -0.492 e. The number of nitrogens with zero attached hydrogens (tertiary/aromatic N) is 2. The zero-order valence-electron chi connectivity index (χ0n) is 12.8. The van der Waals surface area contributed by atoms with Crippen LogP contribution in [-0.4, -0.2) is 24.1 Å². The second-order valence-electron chi connectivity index (χ2n) is 5.65. The summed E-state index contributed by atoms with van der Waals surface area (Å²) >= 11 is 0. The number of hydrogen-bond acceptors (Lipinski definition) is 3. The third-order valence-corrected chi connectivity index (χ3v) is 4.23. The van der Waals surface area contributed by atoms with E-state index in [9.17, 15) is 0 Å². The molecule has 0 amide bonds. The van der Waals surface area contributed by atoms with Gasteiger partial charge in [0.1, 0.15) is 12.4 Å². The van der Waals surface area contributed by atoms with E-state index in [-0.39, 0.29) is 0 Å². The molecule has 1 heterocycles. The van der Waals surface area contributed by atoms with Gasteiger partial charge in [0.15, 0.2) is 0 Å². The van der Waals surface area contributed by atoms with Crippen LogP contribution < -0.4 is 4.74 Å². The summed E-state index contributed by atoms with van der Waals surface area (Å²) in [5.74, 6) is 0.922. The Morgan fingerprint density at radius 1 is 1.23 bits per heavy atom. The van der Waals surface area contributed by atoms with Crippen LogP contribution >= 0.6 is 0 Å². The summed E-state index contributed by atoms with van der Waals surface area (Å²) in [7, 11) is 0. The van der Waals surface area contributed by atoms with Crippen LogP contribution in [0.25, 0.3) is 0 Å². The molecule has 0 unspecified atom stereocenters. The second-order valence-corrected chi connectivity index (χ2v) is 5.65. The number of likely N-dealkylation sites (N-methyl/N-ethyl adjacent to an activating group) is 1. The van der Waals surface area contributed by atoms with E-state index < -0.39 is 0 Å². The maximum absolute atomic E-state index is 9.05. The fourth-order valence-electron chi connectivity index (χ4n) is 3.00. The highest BCUT2D eigenvalue weighted by atomic mass is 16.5. The van der Waals surface area contributed by atoms with Crippen LogP contribution in [0.4, 0.5) is 0 Å². The Hall–Kier alpha value is -2.31. The van der Waals surface area contributed by atoms with Gasteiger partial charge in [-0.1, -0.05) is 37.3 Å². The average molecular weight is 292 g/mol. The van der Waals surface area contributed by atoms with Crippen molar-refractivity contribution in [1.82, 2.24) is 4.90 Å². The summed E-state index contributed by atoms with van der Waals surface area (Å²) in [6.45, 7) is 4.80. The van der Waals surface area contributed by atoms with Gasteiger partial charge in [0.2, 0.25) is 0 Å². The molecule has 0 spiro atoms. The monoisotopic (exact) mass is 292 g/mol. The fourth-order valence-corrected chi connectivity index (χ4v) is 3.00. The quantitative estimate of drug-likeness (QED) is 0.866. The largest absolute Gasteiger partial charge is 0.492 e. The molecule has 1 aliphatic heterocycles. The van der Waals surface area contributed by atoms with Crippen LogP contribution in [0.5, 0.6) is 5.75 Å². The maximum atomic E-state index is 9.05. The van der Waals surface area contributed by atoms with E-state index in [1.54, 1.807) is 0 Å². The van der Waals surface area contributed by atoms with Gasteiger partial charge in [0, 0.05) is 12.6 Å². The fraction of sp³-hybridized carbons (Fsp3) is 0.316. The first-order valence-electron chi connectivity index (χ1n) is 7.74. The molecule has 3 heteroatoms. The van der Waals surface area contributed by atoms with Crippen LogP contribution in [0, 0.1) is 11.3 Å². The standard InChI is InChI=1S/C19H20N2O/c1-2-21(13-15-6-4-3-5-7-15)18-11-17-10-16(12-20)8-9-19(17)22-14-18/h3-10,18H,2,11,13-14H2,1H3/t18-/m0/s1. The number of ether oxygens (including phenoxy) is 1. The third-order valence-electron chi connectivity index (χ3n) is 4.23. The van der Waals surface area contributed by atoms with Crippen LogP contribution in [-0.2, 0) is 13.0 Å².